The second kappa shape index (κ2) is 5.22. The molecule has 2 aromatic heterocycles. The molecule has 0 aliphatic carbocycles. The van der Waals surface area contributed by atoms with E-state index in [2.05, 4.69) is 15.2 Å². The number of aromatic nitrogens is 4. The molecule has 0 saturated heterocycles. The van der Waals surface area contributed by atoms with Gasteiger partial charge in [-0.25, -0.2) is 4.98 Å². The molecule has 1 N–H and O–H groups in total. The highest BCUT2D eigenvalue weighted by Crippen LogP contribution is 2.29. The van der Waals surface area contributed by atoms with Crippen LogP contribution >= 0.6 is 11.8 Å². The van der Waals surface area contributed by atoms with Crippen molar-refractivity contribution in [3.63, 3.8) is 0 Å². The molecule has 102 valence electrons. The van der Waals surface area contributed by atoms with Gasteiger partial charge >= 0.3 is 0 Å². The number of nitrogens with zero attached hydrogens (tertiary/aromatic N) is 4. The Kier molecular flexibility index (Phi) is 3.42. The average Bonchev–Trinajstić information content (AvgIpc) is 2.78. The first kappa shape index (κ1) is 13.1. The second-order valence-electron chi connectivity index (χ2n) is 4.49. The molecule has 3 rings (SSSR count). The van der Waals surface area contributed by atoms with E-state index in [0.717, 1.165) is 32.5 Å². The van der Waals surface area contributed by atoms with Crippen LogP contribution in [0.25, 0.3) is 10.9 Å². The molecular weight excluding hydrogens is 272 g/mol. The van der Waals surface area contributed by atoms with Crippen molar-refractivity contribution in [2.75, 3.05) is 0 Å². The van der Waals surface area contributed by atoms with Crippen LogP contribution in [0.1, 0.15) is 11.4 Å². The third-order valence-corrected chi connectivity index (χ3v) is 4.26. The van der Waals surface area contributed by atoms with Gasteiger partial charge in [0.15, 0.2) is 5.16 Å². The van der Waals surface area contributed by atoms with Gasteiger partial charge in [0, 0.05) is 18.0 Å². The largest absolute Gasteiger partial charge is 0.392 e. The summed E-state index contributed by atoms with van der Waals surface area (Å²) < 4.78 is 1.91. The smallest absolute Gasteiger partial charge is 0.197 e. The van der Waals surface area contributed by atoms with Gasteiger partial charge in [0.05, 0.1) is 12.1 Å². The first-order chi connectivity index (χ1) is 9.69. The number of aliphatic hydroxyl groups excluding tert-OH is 1. The fourth-order valence-electron chi connectivity index (χ4n) is 1.91. The molecule has 0 saturated carbocycles. The van der Waals surface area contributed by atoms with Gasteiger partial charge in [0.1, 0.15) is 10.9 Å². The van der Waals surface area contributed by atoms with Crippen molar-refractivity contribution in [3.8, 4) is 0 Å². The molecule has 3 aromatic rings. The fourth-order valence-corrected chi connectivity index (χ4v) is 2.83. The molecular formula is C14H14N4OS. The van der Waals surface area contributed by atoms with E-state index in [1.54, 1.807) is 0 Å². The molecule has 0 radical (unpaired) electrons. The van der Waals surface area contributed by atoms with Crippen LogP contribution in [0, 0.1) is 6.92 Å². The summed E-state index contributed by atoms with van der Waals surface area (Å²) in [5.74, 6) is 0.846. The molecule has 6 heteroatoms. The normalized spacial score (nSPS) is 11.2. The third-order valence-electron chi connectivity index (χ3n) is 3.17. The van der Waals surface area contributed by atoms with Gasteiger partial charge in [0.25, 0.3) is 0 Å². The highest BCUT2D eigenvalue weighted by atomic mass is 32.2. The van der Waals surface area contributed by atoms with Gasteiger partial charge in [-0.15, -0.1) is 10.2 Å². The Balaban J connectivity index is 2.07. The molecule has 2 heterocycles. The summed E-state index contributed by atoms with van der Waals surface area (Å²) in [4.78, 5) is 4.61. The quantitative estimate of drug-likeness (QED) is 0.800. The number of hydrogen-bond acceptors (Lipinski definition) is 5. The predicted octanol–water partition coefficient (Wildman–Crippen LogP) is 2.32. The summed E-state index contributed by atoms with van der Waals surface area (Å²) in [5.41, 5.74) is 1.71. The van der Waals surface area contributed by atoms with Crippen LogP contribution < -0.4 is 0 Å². The van der Waals surface area contributed by atoms with E-state index >= 15 is 0 Å². The Morgan fingerprint density at radius 1 is 1.25 bits per heavy atom. The maximum absolute atomic E-state index is 9.53. The zero-order valence-electron chi connectivity index (χ0n) is 11.2. The molecule has 20 heavy (non-hydrogen) atoms. The van der Waals surface area contributed by atoms with Crippen LogP contribution in [0.3, 0.4) is 0 Å². The number of hydrogen-bond donors (Lipinski definition) is 1. The minimum Gasteiger partial charge on any atom is -0.392 e. The summed E-state index contributed by atoms with van der Waals surface area (Å²) in [6.07, 6.45) is 0. The SMILES string of the molecule is Cc1nnc(Sc2nc3ccccc3cc2CO)n1C. The maximum atomic E-state index is 9.53. The first-order valence-corrected chi connectivity index (χ1v) is 7.04. The van der Waals surface area contributed by atoms with Crippen molar-refractivity contribution in [1.82, 2.24) is 19.7 Å². The summed E-state index contributed by atoms with van der Waals surface area (Å²) >= 11 is 1.42. The highest BCUT2D eigenvalue weighted by Gasteiger charge is 2.12. The van der Waals surface area contributed by atoms with Gasteiger partial charge in [-0.05, 0) is 30.8 Å². The zero-order chi connectivity index (χ0) is 14.1. The Labute approximate surface area is 120 Å². The van der Waals surface area contributed by atoms with E-state index in [1.807, 2.05) is 48.9 Å². The summed E-state index contributed by atoms with van der Waals surface area (Å²) in [7, 11) is 1.91. The number of para-hydroxylation sites is 1. The van der Waals surface area contributed by atoms with E-state index in [0.29, 0.717) is 0 Å². The number of rotatable bonds is 3. The number of fused-ring (bicyclic) bond motifs is 1. The minimum absolute atomic E-state index is 0.0446. The van der Waals surface area contributed by atoms with Gasteiger partial charge < -0.3 is 9.67 Å². The monoisotopic (exact) mass is 286 g/mol. The molecule has 0 fully saturated rings. The summed E-state index contributed by atoms with van der Waals surface area (Å²) in [6, 6.07) is 9.83. The van der Waals surface area contributed by atoms with E-state index in [9.17, 15) is 5.11 Å². The average molecular weight is 286 g/mol. The molecule has 0 spiro atoms. The lowest BCUT2D eigenvalue weighted by molar-refractivity contribution is 0.278. The van der Waals surface area contributed by atoms with Gasteiger partial charge in [-0.3, -0.25) is 0 Å². The van der Waals surface area contributed by atoms with Crippen molar-refractivity contribution >= 4 is 22.7 Å². The van der Waals surface area contributed by atoms with Crippen LogP contribution in [0.15, 0.2) is 40.5 Å². The molecule has 1 aromatic carbocycles. The Hall–Kier alpha value is -1.92. The third kappa shape index (κ3) is 2.28. The predicted molar refractivity (Wildman–Crippen MR) is 77.5 cm³/mol. The van der Waals surface area contributed by atoms with Gasteiger partial charge in [-0.2, -0.15) is 0 Å². The van der Waals surface area contributed by atoms with Crippen LogP contribution in [0.4, 0.5) is 0 Å². The number of benzene rings is 1. The van der Waals surface area contributed by atoms with E-state index in [1.165, 1.54) is 11.8 Å². The lowest BCUT2D eigenvalue weighted by atomic mass is 10.2. The minimum atomic E-state index is -0.0446. The lowest BCUT2D eigenvalue weighted by Gasteiger charge is -2.08. The first-order valence-electron chi connectivity index (χ1n) is 6.22. The van der Waals surface area contributed by atoms with E-state index in [4.69, 9.17) is 0 Å². The maximum Gasteiger partial charge on any atom is 0.197 e. The number of aryl methyl sites for hydroxylation is 1. The standard InChI is InChI=1S/C14H14N4OS/c1-9-16-17-14(18(9)2)20-13-11(8-19)7-10-5-3-4-6-12(10)15-13/h3-7,19H,8H2,1-2H3. The van der Waals surface area contributed by atoms with Crippen molar-refractivity contribution in [2.45, 2.75) is 23.7 Å². The summed E-state index contributed by atoms with van der Waals surface area (Å²) in [6.45, 7) is 1.86. The highest BCUT2D eigenvalue weighted by molar-refractivity contribution is 7.99. The second-order valence-corrected chi connectivity index (χ2v) is 5.45. The topological polar surface area (TPSA) is 63.8 Å². The molecule has 5 nitrogen and oxygen atoms in total. The van der Waals surface area contributed by atoms with Crippen LogP contribution in [-0.2, 0) is 13.7 Å². The van der Waals surface area contributed by atoms with Gasteiger partial charge in [-0.1, -0.05) is 18.2 Å². The molecule has 0 bridgehead atoms. The van der Waals surface area contributed by atoms with Crippen molar-refractivity contribution in [3.05, 3.63) is 41.7 Å². The molecule has 0 atom stereocenters. The lowest BCUT2D eigenvalue weighted by Crippen LogP contribution is -1.97. The summed E-state index contributed by atoms with van der Waals surface area (Å²) in [5, 5.41) is 20.2. The number of pyridine rings is 1. The van der Waals surface area contributed by atoms with Crippen LogP contribution in [0.5, 0.6) is 0 Å². The Morgan fingerprint density at radius 3 is 2.75 bits per heavy atom. The van der Waals surface area contributed by atoms with E-state index in [-0.39, 0.29) is 6.61 Å². The van der Waals surface area contributed by atoms with Crippen molar-refractivity contribution in [2.24, 2.45) is 7.05 Å². The van der Waals surface area contributed by atoms with Crippen LogP contribution in [0.2, 0.25) is 0 Å². The van der Waals surface area contributed by atoms with E-state index < -0.39 is 0 Å². The fraction of sp³-hybridized carbons (Fsp3) is 0.214. The molecule has 0 unspecified atom stereocenters. The zero-order valence-corrected chi connectivity index (χ0v) is 12.1. The number of aliphatic hydroxyl groups is 1. The van der Waals surface area contributed by atoms with Crippen molar-refractivity contribution in [1.29, 1.82) is 0 Å². The van der Waals surface area contributed by atoms with Crippen molar-refractivity contribution < 1.29 is 5.11 Å². The molecule has 0 amide bonds. The Bertz CT molecular complexity index is 769. The molecule has 0 aliphatic rings. The molecule has 0 aliphatic heterocycles. The Morgan fingerprint density at radius 2 is 2.05 bits per heavy atom. The van der Waals surface area contributed by atoms with Gasteiger partial charge in [0.2, 0.25) is 0 Å². The van der Waals surface area contributed by atoms with Crippen LogP contribution in [-0.4, -0.2) is 24.9 Å².